The van der Waals surface area contributed by atoms with Crippen LogP contribution < -0.4 is 5.14 Å². The fourth-order valence-electron chi connectivity index (χ4n) is 2.51. The summed E-state index contributed by atoms with van der Waals surface area (Å²) in [6.07, 6.45) is -0.414. The highest BCUT2D eigenvalue weighted by molar-refractivity contribution is 7.89. The van der Waals surface area contributed by atoms with E-state index in [0.717, 1.165) is 5.56 Å². The average Bonchev–Trinajstić information content (AvgIpc) is 2.77. The van der Waals surface area contributed by atoms with Gasteiger partial charge in [0.25, 0.3) is 0 Å². The minimum Gasteiger partial charge on any atom is -0.445 e. The van der Waals surface area contributed by atoms with Crippen molar-refractivity contribution in [2.45, 2.75) is 13.5 Å². The molecule has 1 aliphatic heterocycles. The molecule has 1 amide bonds. The summed E-state index contributed by atoms with van der Waals surface area (Å²) in [5, 5.41) is 5.07. The SMILES string of the molecule is CC1CN(C(=O)OCc2ccccc2)CC1CS(N)(=O)=O. The summed E-state index contributed by atoms with van der Waals surface area (Å²) in [5.74, 6) is -0.145. The van der Waals surface area contributed by atoms with E-state index in [9.17, 15) is 13.2 Å². The van der Waals surface area contributed by atoms with Crippen LogP contribution in [0.3, 0.4) is 0 Å². The van der Waals surface area contributed by atoms with Gasteiger partial charge < -0.3 is 9.64 Å². The largest absolute Gasteiger partial charge is 0.445 e. The Morgan fingerprint density at radius 1 is 1.33 bits per heavy atom. The van der Waals surface area contributed by atoms with Crippen molar-refractivity contribution >= 4 is 16.1 Å². The fourth-order valence-corrected chi connectivity index (χ4v) is 3.54. The third-order valence-corrected chi connectivity index (χ3v) is 4.57. The highest BCUT2D eigenvalue weighted by atomic mass is 32.2. The minimum absolute atomic E-state index is 0.0904. The predicted octanol–water partition coefficient (Wildman–Crippen LogP) is 1.18. The lowest BCUT2D eigenvalue weighted by Crippen LogP contribution is -2.31. The van der Waals surface area contributed by atoms with E-state index in [1.54, 1.807) is 4.90 Å². The zero-order valence-electron chi connectivity index (χ0n) is 11.9. The molecule has 1 aromatic carbocycles. The van der Waals surface area contributed by atoms with E-state index in [-0.39, 0.29) is 24.2 Å². The third kappa shape index (κ3) is 4.71. The molecule has 6 nitrogen and oxygen atoms in total. The lowest BCUT2D eigenvalue weighted by atomic mass is 10.0. The summed E-state index contributed by atoms with van der Waals surface area (Å²) in [6, 6.07) is 9.41. The zero-order valence-corrected chi connectivity index (χ0v) is 12.8. The topological polar surface area (TPSA) is 89.7 Å². The van der Waals surface area contributed by atoms with Crippen molar-refractivity contribution in [1.82, 2.24) is 4.90 Å². The Kier molecular flexibility index (Phi) is 4.84. The monoisotopic (exact) mass is 312 g/mol. The maximum absolute atomic E-state index is 12.0. The fraction of sp³-hybridized carbons (Fsp3) is 0.500. The molecule has 0 aliphatic carbocycles. The number of carbonyl (C=O) groups is 1. The van der Waals surface area contributed by atoms with Crippen LogP contribution in [0.2, 0.25) is 0 Å². The molecule has 2 N–H and O–H groups in total. The maximum atomic E-state index is 12.0. The van der Waals surface area contributed by atoms with Crippen LogP contribution in [0.4, 0.5) is 4.79 Å². The van der Waals surface area contributed by atoms with E-state index in [0.29, 0.717) is 13.1 Å². The van der Waals surface area contributed by atoms with E-state index >= 15 is 0 Å². The number of sulfonamides is 1. The molecular weight excluding hydrogens is 292 g/mol. The predicted molar refractivity (Wildman–Crippen MR) is 78.8 cm³/mol. The van der Waals surface area contributed by atoms with Gasteiger partial charge in [-0.2, -0.15) is 0 Å². The first-order chi connectivity index (χ1) is 9.85. The van der Waals surface area contributed by atoms with Crippen LogP contribution in [0.25, 0.3) is 0 Å². The number of amides is 1. The van der Waals surface area contributed by atoms with Gasteiger partial charge >= 0.3 is 6.09 Å². The normalized spacial score (nSPS) is 22.3. The molecule has 1 saturated heterocycles. The smallest absolute Gasteiger partial charge is 0.410 e. The van der Waals surface area contributed by atoms with Gasteiger partial charge in [-0.1, -0.05) is 37.3 Å². The van der Waals surface area contributed by atoms with Crippen molar-refractivity contribution in [1.29, 1.82) is 0 Å². The molecule has 21 heavy (non-hydrogen) atoms. The highest BCUT2D eigenvalue weighted by Crippen LogP contribution is 2.24. The summed E-state index contributed by atoms with van der Waals surface area (Å²) in [7, 11) is -3.52. The Hall–Kier alpha value is -1.60. The third-order valence-electron chi connectivity index (χ3n) is 3.68. The van der Waals surface area contributed by atoms with E-state index in [1.165, 1.54) is 0 Å². The van der Waals surface area contributed by atoms with E-state index in [1.807, 2.05) is 37.3 Å². The summed E-state index contributed by atoms with van der Waals surface area (Å²) in [4.78, 5) is 13.5. The molecule has 0 spiro atoms. The molecule has 0 radical (unpaired) electrons. The molecular formula is C14H20N2O4S. The number of hydrogen-bond acceptors (Lipinski definition) is 4. The van der Waals surface area contributed by atoms with Gasteiger partial charge in [0.05, 0.1) is 5.75 Å². The molecule has 1 heterocycles. The van der Waals surface area contributed by atoms with E-state index in [2.05, 4.69) is 0 Å². The quantitative estimate of drug-likeness (QED) is 0.904. The summed E-state index contributed by atoms with van der Waals surface area (Å²) in [5.41, 5.74) is 0.916. The Morgan fingerprint density at radius 3 is 2.62 bits per heavy atom. The first-order valence-electron chi connectivity index (χ1n) is 6.81. The van der Waals surface area contributed by atoms with Crippen LogP contribution in [-0.2, 0) is 21.4 Å². The van der Waals surface area contributed by atoms with Crippen LogP contribution >= 0.6 is 0 Å². The Balaban J connectivity index is 1.87. The second-order valence-electron chi connectivity index (χ2n) is 5.51. The Bertz CT molecular complexity index is 588. The minimum atomic E-state index is -3.52. The van der Waals surface area contributed by atoms with Crippen LogP contribution in [0, 0.1) is 11.8 Å². The lowest BCUT2D eigenvalue weighted by Gasteiger charge is -2.16. The average molecular weight is 312 g/mol. The summed E-state index contributed by atoms with van der Waals surface area (Å²) in [6.45, 7) is 2.99. The van der Waals surface area contributed by atoms with E-state index in [4.69, 9.17) is 9.88 Å². The van der Waals surface area contributed by atoms with E-state index < -0.39 is 16.1 Å². The number of ether oxygens (including phenoxy) is 1. The molecule has 1 aromatic rings. The number of primary sulfonamides is 1. The first kappa shape index (κ1) is 15.8. The molecule has 1 aliphatic rings. The van der Waals surface area contributed by atoms with Crippen molar-refractivity contribution in [2.24, 2.45) is 17.0 Å². The van der Waals surface area contributed by atoms with Crippen molar-refractivity contribution < 1.29 is 17.9 Å². The molecule has 2 rings (SSSR count). The maximum Gasteiger partial charge on any atom is 0.410 e. The van der Waals surface area contributed by atoms with Gasteiger partial charge in [-0.25, -0.2) is 18.4 Å². The molecule has 116 valence electrons. The number of likely N-dealkylation sites (tertiary alicyclic amines) is 1. The van der Waals surface area contributed by atoms with Gasteiger partial charge in [-0.05, 0) is 17.4 Å². The molecule has 0 saturated carbocycles. The number of benzene rings is 1. The molecule has 1 fully saturated rings. The number of nitrogens with two attached hydrogens (primary N) is 1. The second-order valence-corrected chi connectivity index (χ2v) is 7.17. The van der Waals surface area contributed by atoms with Crippen LogP contribution in [-0.4, -0.2) is 38.3 Å². The van der Waals surface area contributed by atoms with Crippen LogP contribution in [0.5, 0.6) is 0 Å². The number of nitrogens with zero attached hydrogens (tertiary/aromatic N) is 1. The zero-order chi connectivity index (χ0) is 15.5. The van der Waals surface area contributed by atoms with Crippen LogP contribution in [0.1, 0.15) is 12.5 Å². The van der Waals surface area contributed by atoms with Crippen molar-refractivity contribution in [3.05, 3.63) is 35.9 Å². The lowest BCUT2D eigenvalue weighted by molar-refractivity contribution is 0.103. The van der Waals surface area contributed by atoms with Gasteiger partial charge in [0, 0.05) is 13.1 Å². The van der Waals surface area contributed by atoms with Crippen molar-refractivity contribution in [3.63, 3.8) is 0 Å². The molecule has 2 atom stereocenters. The van der Waals surface area contributed by atoms with Gasteiger partial charge in [-0.3, -0.25) is 0 Å². The molecule has 2 unspecified atom stereocenters. The van der Waals surface area contributed by atoms with Gasteiger partial charge in [0.1, 0.15) is 6.61 Å². The van der Waals surface area contributed by atoms with Gasteiger partial charge in [0.2, 0.25) is 10.0 Å². The second kappa shape index (κ2) is 6.44. The molecule has 7 heteroatoms. The summed E-state index contributed by atoms with van der Waals surface area (Å²) < 4.78 is 27.6. The standard InChI is InChI=1S/C14H20N2O4S/c1-11-7-16(8-13(11)10-21(15,18)19)14(17)20-9-12-5-3-2-4-6-12/h2-6,11,13H,7-10H2,1H3,(H2,15,18,19). The Labute approximate surface area is 124 Å². The number of carbonyl (C=O) groups excluding carboxylic acids is 1. The molecule has 0 aromatic heterocycles. The Morgan fingerprint density at radius 2 is 2.00 bits per heavy atom. The van der Waals surface area contributed by atoms with Crippen molar-refractivity contribution in [2.75, 3.05) is 18.8 Å². The van der Waals surface area contributed by atoms with Gasteiger partial charge in [-0.15, -0.1) is 0 Å². The van der Waals surface area contributed by atoms with Gasteiger partial charge in [0.15, 0.2) is 0 Å². The summed E-state index contributed by atoms with van der Waals surface area (Å²) >= 11 is 0. The van der Waals surface area contributed by atoms with Crippen LogP contribution in [0.15, 0.2) is 30.3 Å². The first-order valence-corrected chi connectivity index (χ1v) is 8.53. The number of hydrogen-bond donors (Lipinski definition) is 1. The number of rotatable bonds is 4. The molecule has 0 bridgehead atoms. The highest BCUT2D eigenvalue weighted by Gasteiger charge is 2.35. The van der Waals surface area contributed by atoms with Crippen molar-refractivity contribution in [3.8, 4) is 0 Å².